The van der Waals surface area contributed by atoms with Crippen molar-refractivity contribution in [3.05, 3.63) is 130 Å². The van der Waals surface area contributed by atoms with Crippen LogP contribution < -0.4 is 8.92 Å². The van der Waals surface area contributed by atoms with E-state index in [0.29, 0.717) is 15.0 Å². The third kappa shape index (κ3) is 10.2. The quantitative estimate of drug-likeness (QED) is 0.0797. The predicted octanol–water partition coefficient (Wildman–Crippen LogP) is 9.15. The van der Waals surface area contributed by atoms with Gasteiger partial charge in [-0.25, -0.2) is 0 Å². The average molecular weight is 578 g/mol. The van der Waals surface area contributed by atoms with Gasteiger partial charge in [0.15, 0.2) is 0 Å². The normalized spacial score (nSPS) is 11.5. The zero-order chi connectivity index (χ0) is 27.1. The minimum atomic E-state index is 0.311. The average Bonchev–Trinajstić information content (AvgIpc) is 2.98. The zero-order valence-corrected chi connectivity index (χ0v) is 25.3. The molecule has 0 nitrogen and oxygen atoms in total. The Morgan fingerprint density at radius 1 is 0.410 bits per heavy atom. The van der Waals surface area contributed by atoms with Crippen LogP contribution in [-0.4, -0.2) is 15.0 Å². The van der Waals surface area contributed by atoms with Crippen LogP contribution in [0.4, 0.5) is 0 Å². The number of rotatable bonds is 14. The molecule has 0 radical (unpaired) electrons. The van der Waals surface area contributed by atoms with E-state index in [1.54, 1.807) is 0 Å². The molecular weight excluding hydrogens is 535 g/mol. The van der Waals surface area contributed by atoms with E-state index < -0.39 is 0 Å². The number of aryl methyl sites for hydroxylation is 2. The standard InChI is InChI=1S/C38H42Se/c1-3-5-7-9-31-11-15-33(16-12-31)19-21-35-23-27-37(28-24-35)39-38-29-25-36(26-30-38)22-20-34-17-13-32(14-18-34)10-8-6-4-2/h11-30H,3-10H2,1-2H3/b21-19+,22-20+. The molecule has 0 heterocycles. The second-order valence-electron chi connectivity index (χ2n) is 10.3. The van der Waals surface area contributed by atoms with Crippen LogP contribution in [0.15, 0.2) is 97.1 Å². The number of hydrogen-bond donors (Lipinski definition) is 0. The molecule has 0 saturated heterocycles. The van der Waals surface area contributed by atoms with Crippen molar-refractivity contribution in [2.45, 2.75) is 65.2 Å². The summed E-state index contributed by atoms with van der Waals surface area (Å²) < 4.78 is 2.80. The third-order valence-corrected chi connectivity index (χ3v) is 9.16. The third-order valence-electron chi connectivity index (χ3n) is 7.03. The maximum atomic E-state index is 2.27. The van der Waals surface area contributed by atoms with Crippen LogP contribution in [0.5, 0.6) is 0 Å². The molecule has 0 amide bonds. The molecule has 1 heteroatoms. The van der Waals surface area contributed by atoms with Crippen molar-refractivity contribution in [3.8, 4) is 0 Å². The summed E-state index contributed by atoms with van der Waals surface area (Å²) in [6, 6.07) is 36.1. The van der Waals surface area contributed by atoms with E-state index >= 15 is 0 Å². The van der Waals surface area contributed by atoms with E-state index in [4.69, 9.17) is 0 Å². The van der Waals surface area contributed by atoms with Gasteiger partial charge in [0.1, 0.15) is 0 Å². The van der Waals surface area contributed by atoms with Gasteiger partial charge < -0.3 is 0 Å². The number of hydrogen-bond acceptors (Lipinski definition) is 0. The Labute approximate surface area is 243 Å². The summed E-state index contributed by atoms with van der Waals surface area (Å²) in [5.41, 5.74) is 7.90. The molecule has 0 fully saturated rings. The fraction of sp³-hybridized carbons (Fsp3) is 0.263. The molecule has 0 atom stereocenters. The fourth-order valence-electron chi connectivity index (χ4n) is 4.56. The minimum absolute atomic E-state index is 0.311. The van der Waals surface area contributed by atoms with Gasteiger partial charge in [0.25, 0.3) is 0 Å². The van der Waals surface area contributed by atoms with Crippen LogP contribution in [0.25, 0.3) is 24.3 Å². The molecule has 0 N–H and O–H groups in total. The SMILES string of the molecule is CCCCCc1ccc(/C=C/c2ccc([Se]c3ccc(/C=C/c4ccc(CCCCC)cc4)cc3)cc2)cc1. The Kier molecular flexibility index (Phi) is 11.9. The maximum absolute atomic E-state index is 2.27. The fourth-order valence-corrected chi connectivity index (χ4v) is 6.28. The van der Waals surface area contributed by atoms with Crippen molar-refractivity contribution in [2.24, 2.45) is 0 Å². The molecule has 0 spiro atoms. The van der Waals surface area contributed by atoms with Gasteiger partial charge in [-0.05, 0) is 0 Å². The molecule has 0 aliphatic carbocycles. The van der Waals surface area contributed by atoms with Gasteiger partial charge in [-0.1, -0.05) is 39.5 Å². The topological polar surface area (TPSA) is 0 Å². The van der Waals surface area contributed by atoms with Crippen molar-refractivity contribution < 1.29 is 0 Å². The molecule has 4 aromatic rings. The molecule has 0 saturated carbocycles. The van der Waals surface area contributed by atoms with Crippen molar-refractivity contribution in [1.82, 2.24) is 0 Å². The summed E-state index contributed by atoms with van der Waals surface area (Å²) in [5, 5.41) is 0. The van der Waals surface area contributed by atoms with Gasteiger partial charge in [-0.15, -0.1) is 0 Å². The molecule has 4 rings (SSSR count). The first-order chi connectivity index (χ1) is 19.2. The Hall–Kier alpha value is -3.12. The first-order valence-corrected chi connectivity index (χ1v) is 16.3. The number of benzene rings is 4. The molecule has 0 unspecified atom stereocenters. The van der Waals surface area contributed by atoms with Gasteiger partial charge in [0, 0.05) is 0 Å². The van der Waals surface area contributed by atoms with E-state index in [0.717, 1.165) is 0 Å². The summed E-state index contributed by atoms with van der Waals surface area (Å²) in [4.78, 5) is 0. The van der Waals surface area contributed by atoms with E-state index in [9.17, 15) is 0 Å². The van der Waals surface area contributed by atoms with Crippen molar-refractivity contribution in [2.75, 3.05) is 0 Å². The Balaban J connectivity index is 1.26. The van der Waals surface area contributed by atoms with Crippen LogP contribution in [0.2, 0.25) is 0 Å². The van der Waals surface area contributed by atoms with Gasteiger partial charge in [-0.2, -0.15) is 0 Å². The Bertz CT molecular complexity index is 1190. The molecular formula is C38H42Se. The summed E-state index contributed by atoms with van der Waals surface area (Å²) in [7, 11) is 0. The van der Waals surface area contributed by atoms with Crippen LogP contribution >= 0.6 is 0 Å². The first-order valence-electron chi connectivity index (χ1n) is 14.6. The Morgan fingerprint density at radius 2 is 0.718 bits per heavy atom. The second kappa shape index (κ2) is 16.1. The Morgan fingerprint density at radius 3 is 1.03 bits per heavy atom. The zero-order valence-electron chi connectivity index (χ0n) is 23.6. The number of unbranched alkanes of at least 4 members (excludes halogenated alkanes) is 4. The summed E-state index contributed by atoms with van der Waals surface area (Å²) in [6.07, 6.45) is 19.0. The van der Waals surface area contributed by atoms with E-state index in [1.165, 1.54) is 93.7 Å². The van der Waals surface area contributed by atoms with Crippen molar-refractivity contribution in [3.63, 3.8) is 0 Å². The van der Waals surface area contributed by atoms with Gasteiger partial charge in [0.2, 0.25) is 0 Å². The summed E-state index contributed by atoms with van der Waals surface area (Å²) in [5.74, 6) is 0. The molecule has 4 aromatic carbocycles. The first kappa shape index (κ1) is 28.9. The second-order valence-corrected chi connectivity index (χ2v) is 12.7. The molecule has 0 aliphatic rings. The van der Waals surface area contributed by atoms with E-state index in [1.807, 2.05) is 0 Å². The van der Waals surface area contributed by atoms with Crippen LogP contribution in [-0.2, 0) is 12.8 Å². The summed E-state index contributed by atoms with van der Waals surface area (Å²) in [6.45, 7) is 4.51. The van der Waals surface area contributed by atoms with Gasteiger partial charge >= 0.3 is 204 Å². The van der Waals surface area contributed by atoms with E-state index in [-0.39, 0.29) is 0 Å². The van der Waals surface area contributed by atoms with Gasteiger partial charge in [0.05, 0.1) is 0 Å². The summed E-state index contributed by atoms with van der Waals surface area (Å²) >= 11 is 0.311. The van der Waals surface area contributed by atoms with Crippen LogP contribution in [0.1, 0.15) is 85.8 Å². The molecule has 0 aromatic heterocycles. The molecule has 200 valence electrons. The van der Waals surface area contributed by atoms with E-state index in [2.05, 4.69) is 135 Å². The van der Waals surface area contributed by atoms with Crippen molar-refractivity contribution in [1.29, 1.82) is 0 Å². The monoisotopic (exact) mass is 578 g/mol. The van der Waals surface area contributed by atoms with Crippen LogP contribution in [0, 0.1) is 0 Å². The van der Waals surface area contributed by atoms with Crippen LogP contribution in [0.3, 0.4) is 0 Å². The molecule has 0 bridgehead atoms. The molecule has 0 aliphatic heterocycles. The van der Waals surface area contributed by atoms with Crippen molar-refractivity contribution >= 4 is 48.2 Å². The van der Waals surface area contributed by atoms with Gasteiger partial charge in [-0.3, -0.25) is 0 Å². The predicted molar refractivity (Wildman–Crippen MR) is 175 cm³/mol. The molecule has 39 heavy (non-hydrogen) atoms.